The summed E-state index contributed by atoms with van der Waals surface area (Å²) in [7, 11) is -3.66. The summed E-state index contributed by atoms with van der Waals surface area (Å²) in [4.78, 5) is 12.9. The molecule has 0 radical (unpaired) electrons. The molecule has 0 aromatic heterocycles. The molecule has 0 saturated heterocycles. The Morgan fingerprint density at radius 3 is 2.44 bits per heavy atom. The van der Waals surface area contributed by atoms with Crippen molar-refractivity contribution < 1.29 is 17.9 Å². The Hall–Kier alpha value is -3.06. The van der Waals surface area contributed by atoms with Gasteiger partial charge in [-0.1, -0.05) is 49.4 Å². The van der Waals surface area contributed by atoms with Gasteiger partial charge in [-0.3, -0.25) is 9.10 Å². The van der Waals surface area contributed by atoms with Crippen LogP contribution in [0.2, 0.25) is 0 Å². The van der Waals surface area contributed by atoms with Gasteiger partial charge in [-0.2, -0.15) is 0 Å². The van der Waals surface area contributed by atoms with Crippen LogP contribution >= 0.6 is 0 Å². The Balaban J connectivity index is 1.69. The molecule has 0 aliphatic heterocycles. The minimum atomic E-state index is -3.66. The number of rotatable bonds is 9. The van der Waals surface area contributed by atoms with Crippen molar-refractivity contribution in [2.75, 3.05) is 23.7 Å². The number of aryl methyl sites for hydroxylation is 2. The van der Waals surface area contributed by atoms with Gasteiger partial charge in [0, 0.05) is 5.39 Å². The molecule has 1 amide bonds. The van der Waals surface area contributed by atoms with E-state index in [-0.39, 0.29) is 19.1 Å². The minimum absolute atomic E-state index is 0.267. The number of hydrogen-bond acceptors (Lipinski definition) is 4. The van der Waals surface area contributed by atoms with E-state index in [1.54, 1.807) is 19.1 Å². The van der Waals surface area contributed by atoms with Crippen LogP contribution in [0.25, 0.3) is 10.8 Å². The molecule has 32 heavy (non-hydrogen) atoms. The first kappa shape index (κ1) is 23.6. The Labute approximate surface area is 190 Å². The fourth-order valence-corrected chi connectivity index (χ4v) is 4.90. The van der Waals surface area contributed by atoms with Crippen LogP contribution in [0, 0.1) is 13.8 Å². The predicted octanol–water partition coefficient (Wildman–Crippen LogP) is 4.20. The number of carbonyl (C=O) groups is 1. The highest BCUT2D eigenvalue weighted by molar-refractivity contribution is 7.92. The second kappa shape index (κ2) is 10.0. The fourth-order valence-electron chi connectivity index (χ4n) is 3.70. The average molecular weight is 455 g/mol. The number of nitrogens with zero attached hydrogens (tertiary/aromatic N) is 1. The second-order valence-electron chi connectivity index (χ2n) is 7.87. The van der Waals surface area contributed by atoms with Gasteiger partial charge in [-0.15, -0.1) is 0 Å². The normalized spacial score (nSPS) is 12.4. The zero-order valence-electron chi connectivity index (χ0n) is 19.0. The maximum atomic E-state index is 12.9. The molecule has 170 valence electrons. The molecular formula is C25H30N2O4S. The topological polar surface area (TPSA) is 75.7 Å². The summed E-state index contributed by atoms with van der Waals surface area (Å²) in [6.45, 7) is 6.23. The van der Waals surface area contributed by atoms with Crippen molar-refractivity contribution in [1.29, 1.82) is 0 Å². The lowest BCUT2D eigenvalue weighted by Gasteiger charge is -2.30. The summed E-state index contributed by atoms with van der Waals surface area (Å²) in [6.07, 6.45) is 1.47. The summed E-state index contributed by atoms with van der Waals surface area (Å²) in [5.74, 6) is 0.398. The highest BCUT2D eigenvalue weighted by atomic mass is 32.2. The SMILES string of the molecule is CC[C@@H](C(=O)NCCOc1cccc2ccccc12)N(c1ccc(C)c(C)c1)S(C)(=O)=O. The van der Waals surface area contributed by atoms with Gasteiger partial charge in [0.1, 0.15) is 18.4 Å². The van der Waals surface area contributed by atoms with E-state index >= 15 is 0 Å². The first-order valence-corrected chi connectivity index (χ1v) is 12.5. The van der Waals surface area contributed by atoms with Gasteiger partial charge in [0.05, 0.1) is 18.5 Å². The molecule has 0 aliphatic carbocycles. The Bertz CT molecular complexity index is 1200. The number of ether oxygens (including phenoxy) is 1. The lowest BCUT2D eigenvalue weighted by atomic mass is 10.1. The molecule has 0 saturated carbocycles. The van der Waals surface area contributed by atoms with Crippen molar-refractivity contribution in [1.82, 2.24) is 5.32 Å². The van der Waals surface area contributed by atoms with E-state index in [0.717, 1.165) is 33.9 Å². The molecule has 3 rings (SSSR count). The molecule has 3 aromatic rings. The van der Waals surface area contributed by atoms with Gasteiger partial charge in [-0.25, -0.2) is 8.42 Å². The van der Waals surface area contributed by atoms with Gasteiger partial charge < -0.3 is 10.1 Å². The van der Waals surface area contributed by atoms with Crippen molar-refractivity contribution in [2.45, 2.75) is 33.2 Å². The van der Waals surface area contributed by atoms with Crippen LogP contribution < -0.4 is 14.4 Å². The van der Waals surface area contributed by atoms with Crippen LogP contribution in [0.3, 0.4) is 0 Å². The number of benzene rings is 3. The van der Waals surface area contributed by atoms with E-state index < -0.39 is 16.1 Å². The quantitative estimate of drug-likeness (QED) is 0.492. The summed E-state index contributed by atoms with van der Waals surface area (Å²) in [5, 5.41) is 4.92. The summed E-state index contributed by atoms with van der Waals surface area (Å²) < 4.78 is 32.3. The van der Waals surface area contributed by atoms with E-state index in [9.17, 15) is 13.2 Å². The summed E-state index contributed by atoms with van der Waals surface area (Å²) >= 11 is 0. The van der Waals surface area contributed by atoms with E-state index in [0.29, 0.717) is 12.1 Å². The number of fused-ring (bicyclic) bond motifs is 1. The Morgan fingerprint density at radius 2 is 1.75 bits per heavy atom. The van der Waals surface area contributed by atoms with Gasteiger partial charge in [-0.05, 0) is 55.0 Å². The van der Waals surface area contributed by atoms with Gasteiger partial charge in [0.15, 0.2) is 0 Å². The molecule has 0 aliphatic rings. The number of amides is 1. The Morgan fingerprint density at radius 1 is 1.03 bits per heavy atom. The lowest BCUT2D eigenvalue weighted by molar-refractivity contribution is -0.122. The summed E-state index contributed by atoms with van der Waals surface area (Å²) in [6, 6.07) is 18.3. The highest BCUT2D eigenvalue weighted by Crippen LogP contribution is 2.26. The third-order valence-electron chi connectivity index (χ3n) is 5.48. The van der Waals surface area contributed by atoms with Crippen LogP contribution in [0.1, 0.15) is 24.5 Å². The summed E-state index contributed by atoms with van der Waals surface area (Å²) in [5.41, 5.74) is 2.52. The van der Waals surface area contributed by atoms with Crippen LogP contribution in [0.5, 0.6) is 5.75 Å². The lowest BCUT2D eigenvalue weighted by Crippen LogP contribution is -2.50. The first-order chi connectivity index (χ1) is 15.2. The highest BCUT2D eigenvalue weighted by Gasteiger charge is 2.31. The van der Waals surface area contributed by atoms with Crippen LogP contribution in [-0.2, 0) is 14.8 Å². The fraction of sp³-hybridized carbons (Fsp3) is 0.320. The van der Waals surface area contributed by atoms with Gasteiger partial charge in [0.2, 0.25) is 15.9 Å². The minimum Gasteiger partial charge on any atom is -0.491 e. The van der Waals surface area contributed by atoms with Crippen LogP contribution in [-0.4, -0.2) is 39.8 Å². The van der Waals surface area contributed by atoms with Crippen molar-refractivity contribution >= 4 is 32.4 Å². The molecule has 0 fully saturated rings. The van der Waals surface area contributed by atoms with E-state index in [1.165, 1.54) is 4.31 Å². The standard InChI is InChI=1S/C25H30N2O4S/c1-5-23(27(32(4,29)30)21-14-13-18(2)19(3)17-21)25(28)26-15-16-31-24-12-8-10-20-9-6-7-11-22(20)24/h6-14,17,23H,5,15-16H2,1-4H3,(H,26,28)/t23-/m0/s1. The van der Waals surface area contributed by atoms with E-state index in [4.69, 9.17) is 4.74 Å². The number of carbonyl (C=O) groups excluding carboxylic acids is 1. The molecule has 0 unspecified atom stereocenters. The zero-order chi connectivity index (χ0) is 23.3. The molecule has 3 aromatic carbocycles. The van der Waals surface area contributed by atoms with Gasteiger partial charge in [0.25, 0.3) is 0 Å². The monoisotopic (exact) mass is 454 g/mol. The average Bonchev–Trinajstić information content (AvgIpc) is 2.76. The number of nitrogens with one attached hydrogen (secondary N) is 1. The number of hydrogen-bond donors (Lipinski definition) is 1. The maximum absolute atomic E-state index is 12.9. The molecule has 6 nitrogen and oxygen atoms in total. The van der Waals surface area contributed by atoms with Crippen molar-refractivity contribution in [3.63, 3.8) is 0 Å². The third kappa shape index (κ3) is 5.40. The molecule has 1 atom stereocenters. The smallest absolute Gasteiger partial charge is 0.244 e. The Kier molecular flexibility index (Phi) is 7.40. The first-order valence-electron chi connectivity index (χ1n) is 10.7. The molecule has 1 N–H and O–H groups in total. The maximum Gasteiger partial charge on any atom is 0.244 e. The van der Waals surface area contributed by atoms with Crippen molar-refractivity contribution in [3.8, 4) is 5.75 Å². The van der Waals surface area contributed by atoms with Crippen molar-refractivity contribution in [2.24, 2.45) is 0 Å². The molecule has 0 bridgehead atoms. The number of sulfonamides is 1. The van der Waals surface area contributed by atoms with E-state index in [1.807, 2.05) is 62.4 Å². The van der Waals surface area contributed by atoms with E-state index in [2.05, 4.69) is 5.32 Å². The van der Waals surface area contributed by atoms with Crippen molar-refractivity contribution in [3.05, 3.63) is 71.8 Å². The second-order valence-corrected chi connectivity index (χ2v) is 9.73. The molecule has 0 spiro atoms. The largest absolute Gasteiger partial charge is 0.491 e. The van der Waals surface area contributed by atoms with Gasteiger partial charge >= 0.3 is 0 Å². The predicted molar refractivity (Wildman–Crippen MR) is 130 cm³/mol. The molecule has 7 heteroatoms. The zero-order valence-corrected chi connectivity index (χ0v) is 19.8. The van der Waals surface area contributed by atoms with Crippen LogP contribution in [0.4, 0.5) is 5.69 Å². The molecule has 0 heterocycles. The number of anilines is 1. The third-order valence-corrected chi connectivity index (χ3v) is 6.66. The van der Waals surface area contributed by atoms with Crippen LogP contribution in [0.15, 0.2) is 60.7 Å². The molecular weight excluding hydrogens is 424 g/mol.